The summed E-state index contributed by atoms with van der Waals surface area (Å²) < 4.78 is 4.58. The molecule has 5 nitrogen and oxygen atoms in total. The highest BCUT2D eigenvalue weighted by atomic mass is 32.1. The fourth-order valence-electron chi connectivity index (χ4n) is 1.93. The third kappa shape index (κ3) is 5.73. The van der Waals surface area contributed by atoms with Crippen LogP contribution in [0.5, 0.6) is 0 Å². The maximum absolute atomic E-state index is 11.8. The lowest BCUT2D eigenvalue weighted by molar-refractivity contribution is -0.137. The Hall–Kier alpha value is -0.750. The second kappa shape index (κ2) is 8.37. The summed E-state index contributed by atoms with van der Waals surface area (Å²) in [6.07, 6.45) is 2.72. The molecule has 1 aliphatic heterocycles. The zero-order chi connectivity index (χ0) is 13.4. The summed E-state index contributed by atoms with van der Waals surface area (Å²) in [4.78, 5) is 25.1. The van der Waals surface area contributed by atoms with Crippen molar-refractivity contribution >= 4 is 24.7 Å². The fraction of sp³-hybridized carbons (Fsp3) is 0.833. The van der Waals surface area contributed by atoms with Crippen LogP contribution in [0.3, 0.4) is 0 Å². The van der Waals surface area contributed by atoms with E-state index >= 15 is 0 Å². The van der Waals surface area contributed by atoms with Crippen molar-refractivity contribution in [3.8, 4) is 0 Å². The number of carbonyl (C=O) groups excluding carboxylic acids is 2. The summed E-state index contributed by atoms with van der Waals surface area (Å²) in [7, 11) is 0. The Morgan fingerprint density at radius 1 is 1.39 bits per heavy atom. The number of nitrogens with one attached hydrogen (secondary N) is 1. The van der Waals surface area contributed by atoms with Crippen LogP contribution in [0.2, 0.25) is 0 Å². The maximum atomic E-state index is 11.8. The minimum absolute atomic E-state index is 0.0455. The van der Waals surface area contributed by atoms with Gasteiger partial charge in [0.2, 0.25) is 11.8 Å². The lowest BCUT2D eigenvalue weighted by Crippen LogP contribution is -2.40. The highest BCUT2D eigenvalue weighted by molar-refractivity contribution is 7.75. The molecule has 1 fully saturated rings. The highest BCUT2D eigenvalue weighted by Gasteiger charge is 2.21. The number of rotatable bonds is 6. The average molecular weight is 274 g/mol. The molecule has 18 heavy (non-hydrogen) atoms. The predicted octanol–water partition coefficient (Wildman–Crippen LogP) is 1.00. The molecule has 0 unspecified atom stereocenters. The first-order valence-electron chi connectivity index (χ1n) is 6.44. The van der Waals surface area contributed by atoms with Gasteiger partial charge in [0, 0.05) is 19.6 Å². The molecule has 104 valence electrons. The van der Waals surface area contributed by atoms with Crippen molar-refractivity contribution in [1.29, 1.82) is 0 Å². The molecule has 0 atom stereocenters. The van der Waals surface area contributed by atoms with E-state index in [1.165, 1.54) is 0 Å². The van der Waals surface area contributed by atoms with Crippen molar-refractivity contribution in [2.45, 2.75) is 32.6 Å². The Balaban J connectivity index is 2.17. The normalized spacial score (nSPS) is 16.7. The molecule has 0 spiro atoms. The predicted molar refractivity (Wildman–Crippen MR) is 72.2 cm³/mol. The Kier molecular flexibility index (Phi) is 7.12. The quantitative estimate of drug-likeness (QED) is 0.329. The summed E-state index contributed by atoms with van der Waals surface area (Å²) in [6, 6.07) is 0. The zero-order valence-corrected chi connectivity index (χ0v) is 11.7. The summed E-state index contributed by atoms with van der Waals surface area (Å²) >= 11 is 3.60. The van der Waals surface area contributed by atoms with E-state index in [4.69, 9.17) is 0 Å². The van der Waals surface area contributed by atoms with Gasteiger partial charge < -0.3 is 14.4 Å². The van der Waals surface area contributed by atoms with Gasteiger partial charge in [-0.2, -0.15) is 0 Å². The molecular formula is C12H22N2O3S. The van der Waals surface area contributed by atoms with Crippen LogP contribution in [-0.2, 0) is 13.8 Å². The number of likely N-dealkylation sites (tertiary alicyclic amines) is 1. The third-order valence-corrected chi connectivity index (χ3v) is 3.37. The molecule has 0 radical (unpaired) electrons. The molecule has 0 aromatic heterocycles. The van der Waals surface area contributed by atoms with Crippen LogP contribution in [0.4, 0.5) is 0 Å². The van der Waals surface area contributed by atoms with E-state index in [9.17, 15) is 9.59 Å². The van der Waals surface area contributed by atoms with Gasteiger partial charge in [0.15, 0.2) is 0 Å². The van der Waals surface area contributed by atoms with E-state index in [0.717, 1.165) is 25.9 Å². The van der Waals surface area contributed by atoms with E-state index in [1.54, 1.807) is 4.90 Å². The molecule has 6 heteroatoms. The second-order valence-electron chi connectivity index (χ2n) is 4.78. The molecule has 1 aliphatic rings. The van der Waals surface area contributed by atoms with Crippen molar-refractivity contribution in [3.05, 3.63) is 0 Å². The topological polar surface area (TPSA) is 58.6 Å². The van der Waals surface area contributed by atoms with Crippen LogP contribution in [-0.4, -0.2) is 43.0 Å². The highest BCUT2D eigenvalue weighted by Crippen LogP contribution is 2.16. The summed E-state index contributed by atoms with van der Waals surface area (Å²) in [5.74, 6) is 0.409. The Labute approximate surface area is 114 Å². The summed E-state index contributed by atoms with van der Waals surface area (Å²) in [6.45, 7) is 4.75. The number of amides is 2. The first-order chi connectivity index (χ1) is 8.63. The lowest BCUT2D eigenvalue weighted by atomic mass is 9.99. The van der Waals surface area contributed by atoms with Crippen molar-refractivity contribution in [2.24, 2.45) is 5.92 Å². The first kappa shape index (κ1) is 15.3. The minimum atomic E-state index is -0.210. The van der Waals surface area contributed by atoms with Crippen LogP contribution >= 0.6 is 12.9 Å². The third-order valence-electron chi connectivity index (χ3n) is 3.18. The van der Waals surface area contributed by atoms with Gasteiger partial charge in [-0.15, -0.1) is 0 Å². The van der Waals surface area contributed by atoms with E-state index in [1.807, 2.05) is 0 Å². The van der Waals surface area contributed by atoms with E-state index in [0.29, 0.717) is 25.5 Å². The second-order valence-corrected chi connectivity index (χ2v) is 5.04. The molecule has 0 aromatic rings. The van der Waals surface area contributed by atoms with Gasteiger partial charge in [-0.1, -0.05) is 6.92 Å². The molecule has 1 rings (SSSR count). The number of piperidine rings is 1. The maximum Gasteiger partial charge on any atom is 0.232 e. The minimum Gasteiger partial charge on any atom is -0.356 e. The molecule has 0 bridgehead atoms. The molecule has 0 saturated carbocycles. The fourth-order valence-corrected chi connectivity index (χ4v) is 2.06. The number of carbonyl (C=O) groups is 2. The molecule has 0 aliphatic carbocycles. The van der Waals surface area contributed by atoms with Crippen molar-refractivity contribution in [1.82, 2.24) is 10.2 Å². The van der Waals surface area contributed by atoms with Gasteiger partial charge in [0.05, 0.1) is 6.61 Å². The van der Waals surface area contributed by atoms with Crippen molar-refractivity contribution in [3.63, 3.8) is 0 Å². The number of hydrogen-bond donors (Lipinski definition) is 2. The van der Waals surface area contributed by atoms with Gasteiger partial charge in [-0.25, -0.2) is 0 Å². The monoisotopic (exact) mass is 274 g/mol. The van der Waals surface area contributed by atoms with Gasteiger partial charge in [-0.3, -0.25) is 9.59 Å². The molecule has 1 saturated heterocycles. The summed E-state index contributed by atoms with van der Waals surface area (Å²) in [5.41, 5.74) is 0. The van der Waals surface area contributed by atoms with Gasteiger partial charge >= 0.3 is 0 Å². The van der Waals surface area contributed by atoms with Gasteiger partial charge in [0.1, 0.15) is 6.42 Å². The average Bonchev–Trinajstić information content (AvgIpc) is 2.35. The van der Waals surface area contributed by atoms with E-state index in [-0.39, 0.29) is 18.2 Å². The largest absolute Gasteiger partial charge is 0.356 e. The lowest BCUT2D eigenvalue weighted by Gasteiger charge is -2.30. The first-order valence-corrected chi connectivity index (χ1v) is 6.81. The molecule has 1 N–H and O–H groups in total. The van der Waals surface area contributed by atoms with Crippen LogP contribution in [0.1, 0.15) is 32.6 Å². The van der Waals surface area contributed by atoms with E-state index < -0.39 is 0 Å². The van der Waals surface area contributed by atoms with Crippen LogP contribution in [0.15, 0.2) is 0 Å². The molecule has 2 amide bonds. The zero-order valence-electron chi connectivity index (χ0n) is 10.9. The molecule has 0 aromatic carbocycles. The Bertz CT molecular complexity index is 278. The molecule has 1 heterocycles. The Morgan fingerprint density at radius 2 is 2.06 bits per heavy atom. The van der Waals surface area contributed by atoms with Crippen molar-refractivity contribution < 1.29 is 13.8 Å². The van der Waals surface area contributed by atoms with Crippen LogP contribution < -0.4 is 5.32 Å². The number of thiol groups is 1. The van der Waals surface area contributed by atoms with Gasteiger partial charge in [-0.05, 0) is 38.1 Å². The smallest absolute Gasteiger partial charge is 0.232 e. The Morgan fingerprint density at radius 3 is 2.67 bits per heavy atom. The van der Waals surface area contributed by atoms with Gasteiger partial charge in [0.25, 0.3) is 0 Å². The van der Waals surface area contributed by atoms with Crippen LogP contribution in [0, 0.1) is 5.92 Å². The number of nitrogens with zero attached hydrogens (tertiary/aromatic N) is 1. The van der Waals surface area contributed by atoms with Crippen molar-refractivity contribution in [2.75, 3.05) is 26.2 Å². The summed E-state index contributed by atoms with van der Waals surface area (Å²) in [5, 5.41) is 2.70. The number of hydrogen-bond acceptors (Lipinski definition) is 4. The standard InChI is InChI=1S/C12H22N2O3S/c1-10-3-6-14(7-4-10)12(16)9-11(15)13-5-2-8-17-18/h10,18H,2-9H2,1H3,(H,13,15). The SMILES string of the molecule is CC1CCN(C(=O)CC(=O)NCCCOS)CC1. The van der Waals surface area contributed by atoms with Crippen LogP contribution in [0.25, 0.3) is 0 Å². The molecular weight excluding hydrogens is 252 g/mol. The van der Waals surface area contributed by atoms with E-state index in [2.05, 4.69) is 29.3 Å².